The third kappa shape index (κ3) is 7.31. The molecule has 2 aliphatic carbocycles. The second kappa shape index (κ2) is 12.4. The molecule has 2 fully saturated rings. The average Bonchev–Trinajstić information content (AvgIpc) is 3.54. The maximum absolute atomic E-state index is 14.2. The molecular formula is C30H38N2O3S3. The number of thiazole rings is 1. The highest BCUT2D eigenvalue weighted by molar-refractivity contribution is 8.01. The molecule has 0 aliphatic heterocycles. The Balaban J connectivity index is 1.63. The summed E-state index contributed by atoms with van der Waals surface area (Å²) in [5, 5.41) is 12.6. The number of carboxylic acid groups (broad SMARTS) is 1. The third-order valence-corrected chi connectivity index (χ3v) is 10.7. The van der Waals surface area contributed by atoms with Crippen LogP contribution in [0.15, 0.2) is 34.1 Å². The number of rotatable bonds is 7. The van der Waals surface area contributed by atoms with E-state index in [4.69, 9.17) is 0 Å². The molecule has 0 aromatic carbocycles. The van der Waals surface area contributed by atoms with Gasteiger partial charge in [0.05, 0.1) is 10.6 Å². The molecule has 2 heterocycles. The molecule has 2 saturated carbocycles. The van der Waals surface area contributed by atoms with E-state index in [-0.39, 0.29) is 28.2 Å². The number of amides is 1. The molecule has 5 nitrogen and oxygen atoms in total. The summed E-state index contributed by atoms with van der Waals surface area (Å²) in [6, 6.07) is 1.75. The quantitative estimate of drug-likeness (QED) is 0.269. The van der Waals surface area contributed by atoms with Crippen LogP contribution in [0.1, 0.15) is 93.6 Å². The van der Waals surface area contributed by atoms with Crippen LogP contribution in [0.4, 0.5) is 5.69 Å². The molecule has 4 rings (SSSR count). The van der Waals surface area contributed by atoms with Crippen LogP contribution in [0, 0.1) is 29.1 Å². The lowest BCUT2D eigenvalue weighted by Crippen LogP contribution is -2.45. The van der Waals surface area contributed by atoms with Crippen molar-refractivity contribution in [3.8, 4) is 11.8 Å². The number of anilines is 1. The van der Waals surface area contributed by atoms with Crippen molar-refractivity contribution >= 4 is 52.0 Å². The molecule has 0 radical (unpaired) electrons. The van der Waals surface area contributed by atoms with Crippen molar-refractivity contribution in [2.24, 2.45) is 17.3 Å². The van der Waals surface area contributed by atoms with E-state index in [0.717, 1.165) is 67.0 Å². The van der Waals surface area contributed by atoms with E-state index in [2.05, 4.69) is 30.3 Å². The molecule has 8 heteroatoms. The highest BCUT2D eigenvalue weighted by atomic mass is 32.2. The Morgan fingerprint density at radius 1 is 1.13 bits per heavy atom. The van der Waals surface area contributed by atoms with Crippen LogP contribution in [-0.4, -0.2) is 33.3 Å². The van der Waals surface area contributed by atoms with Gasteiger partial charge in [0.1, 0.15) is 9.22 Å². The first kappa shape index (κ1) is 28.9. The largest absolute Gasteiger partial charge is 0.477 e. The fourth-order valence-corrected chi connectivity index (χ4v) is 8.18. The standard InChI is InChI=1S/C30H38N2O3S3/c1-19-6-8-21(9-7-19)20(2)27(33)32(22-10-12-23(13-11-22)38-29-31-16-17-36-29)25-18-24(14-15-30(3,4)5)37-26(25)28(34)35/h16-19,21-23H,2,6-13H2,1,3-5H3,(H,34,35). The van der Waals surface area contributed by atoms with Crippen molar-refractivity contribution in [2.45, 2.75) is 94.7 Å². The molecule has 0 spiro atoms. The molecule has 2 aliphatic rings. The van der Waals surface area contributed by atoms with Gasteiger partial charge in [0.15, 0.2) is 0 Å². The molecule has 2 aromatic rings. The molecule has 1 amide bonds. The molecular weight excluding hydrogens is 533 g/mol. The van der Waals surface area contributed by atoms with Gasteiger partial charge in [-0.15, -0.1) is 22.7 Å². The van der Waals surface area contributed by atoms with Gasteiger partial charge in [-0.2, -0.15) is 0 Å². The summed E-state index contributed by atoms with van der Waals surface area (Å²) < 4.78 is 1.08. The number of thioether (sulfide) groups is 1. The van der Waals surface area contributed by atoms with Gasteiger partial charge in [0.25, 0.3) is 5.91 Å². The number of thiophene rings is 1. The summed E-state index contributed by atoms with van der Waals surface area (Å²) in [7, 11) is 0. The Bertz CT molecular complexity index is 1200. The number of hydrogen-bond acceptors (Lipinski definition) is 6. The average molecular weight is 571 g/mol. The first-order valence-corrected chi connectivity index (χ1v) is 16.1. The Kier molecular flexibility index (Phi) is 9.44. The lowest BCUT2D eigenvalue weighted by molar-refractivity contribution is -0.116. The normalized spacial score (nSPS) is 23.8. The van der Waals surface area contributed by atoms with Gasteiger partial charge in [-0.1, -0.05) is 49.9 Å². The summed E-state index contributed by atoms with van der Waals surface area (Å²) >= 11 is 4.64. The Morgan fingerprint density at radius 3 is 2.39 bits per heavy atom. The Labute approximate surface area is 239 Å². The molecule has 38 heavy (non-hydrogen) atoms. The molecule has 0 unspecified atom stereocenters. The topological polar surface area (TPSA) is 70.5 Å². The molecule has 1 N–H and O–H groups in total. The SMILES string of the molecule is C=C(C(=O)N(c1cc(C#CC(C)(C)C)sc1C(=O)O)C1CCC(Sc2nccs2)CC1)C1CCC(C)CC1. The zero-order valence-corrected chi connectivity index (χ0v) is 25.2. The maximum Gasteiger partial charge on any atom is 0.348 e. The van der Waals surface area contributed by atoms with Gasteiger partial charge in [-0.05, 0) is 77.2 Å². The number of hydrogen-bond donors (Lipinski definition) is 1. The van der Waals surface area contributed by atoms with E-state index in [9.17, 15) is 14.7 Å². The van der Waals surface area contributed by atoms with Gasteiger partial charge < -0.3 is 10.0 Å². The van der Waals surface area contributed by atoms with Crippen LogP contribution in [0.25, 0.3) is 0 Å². The number of carbonyl (C=O) groups is 2. The number of carboxylic acids is 1. The predicted molar refractivity (Wildman–Crippen MR) is 159 cm³/mol. The summed E-state index contributed by atoms with van der Waals surface area (Å²) in [5.41, 5.74) is 0.899. The van der Waals surface area contributed by atoms with Gasteiger partial charge in [0.2, 0.25) is 0 Å². The van der Waals surface area contributed by atoms with Crippen molar-refractivity contribution < 1.29 is 14.7 Å². The zero-order valence-electron chi connectivity index (χ0n) is 22.8. The third-order valence-electron chi connectivity index (χ3n) is 7.42. The smallest absolute Gasteiger partial charge is 0.348 e. The summed E-state index contributed by atoms with van der Waals surface area (Å²) in [6.07, 6.45) is 9.51. The van der Waals surface area contributed by atoms with Gasteiger partial charge >= 0.3 is 5.97 Å². The molecule has 204 valence electrons. The lowest BCUT2D eigenvalue weighted by Gasteiger charge is -2.38. The summed E-state index contributed by atoms with van der Waals surface area (Å²) in [4.78, 5) is 33.6. The second-order valence-corrected chi connectivity index (χ2v) is 15.1. The second-order valence-electron chi connectivity index (χ2n) is 11.6. The Morgan fingerprint density at radius 2 is 1.82 bits per heavy atom. The van der Waals surface area contributed by atoms with Crippen molar-refractivity contribution in [2.75, 3.05) is 4.90 Å². The first-order valence-electron chi connectivity index (χ1n) is 13.5. The monoisotopic (exact) mass is 570 g/mol. The molecule has 0 atom stereocenters. The van der Waals surface area contributed by atoms with E-state index in [0.29, 0.717) is 27.3 Å². The van der Waals surface area contributed by atoms with E-state index >= 15 is 0 Å². The fraction of sp³-hybridized carbons (Fsp3) is 0.567. The summed E-state index contributed by atoms with van der Waals surface area (Å²) in [5.74, 6) is 6.07. The van der Waals surface area contributed by atoms with E-state index in [1.165, 1.54) is 0 Å². The zero-order chi connectivity index (χ0) is 27.4. The van der Waals surface area contributed by atoms with E-state index in [1.807, 2.05) is 50.2 Å². The molecule has 2 aromatic heterocycles. The number of aromatic nitrogens is 1. The van der Waals surface area contributed by atoms with Crippen LogP contribution in [0.3, 0.4) is 0 Å². The first-order chi connectivity index (χ1) is 18.0. The minimum atomic E-state index is -1.02. The van der Waals surface area contributed by atoms with E-state index in [1.54, 1.807) is 16.2 Å². The van der Waals surface area contributed by atoms with Crippen molar-refractivity contribution in [3.63, 3.8) is 0 Å². The summed E-state index contributed by atoms with van der Waals surface area (Å²) in [6.45, 7) is 12.6. The van der Waals surface area contributed by atoms with Crippen molar-refractivity contribution in [3.05, 3.63) is 39.5 Å². The van der Waals surface area contributed by atoms with Gasteiger partial charge in [0, 0.05) is 33.9 Å². The number of nitrogens with zero attached hydrogens (tertiary/aromatic N) is 2. The number of carbonyl (C=O) groups excluding carboxylic acids is 1. The van der Waals surface area contributed by atoms with Gasteiger partial charge in [-0.3, -0.25) is 4.79 Å². The van der Waals surface area contributed by atoms with Crippen LogP contribution in [0.5, 0.6) is 0 Å². The number of aromatic carboxylic acids is 1. The van der Waals surface area contributed by atoms with Crippen molar-refractivity contribution in [1.82, 2.24) is 4.98 Å². The molecule has 0 saturated heterocycles. The van der Waals surface area contributed by atoms with Crippen LogP contribution < -0.4 is 4.90 Å². The fourth-order valence-electron chi connectivity index (χ4n) is 5.27. The van der Waals surface area contributed by atoms with Crippen LogP contribution in [-0.2, 0) is 4.79 Å². The Hall–Kier alpha value is -2.08. The predicted octanol–water partition coefficient (Wildman–Crippen LogP) is 8.12. The van der Waals surface area contributed by atoms with E-state index < -0.39 is 5.97 Å². The maximum atomic E-state index is 14.2. The lowest BCUT2D eigenvalue weighted by atomic mass is 9.79. The minimum Gasteiger partial charge on any atom is -0.477 e. The highest BCUT2D eigenvalue weighted by Gasteiger charge is 2.36. The van der Waals surface area contributed by atoms with Gasteiger partial charge in [-0.25, -0.2) is 9.78 Å². The van der Waals surface area contributed by atoms with Crippen molar-refractivity contribution in [1.29, 1.82) is 0 Å². The van der Waals surface area contributed by atoms with Crippen LogP contribution in [0.2, 0.25) is 0 Å². The highest BCUT2D eigenvalue weighted by Crippen LogP contribution is 2.41. The molecule has 0 bridgehead atoms. The minimum absolute atomic E-state index is 0.0639. The van der Waals surface area contributed by atoms with Crippen LogP contribution >= 0.6 is 34.4 Å².